The van der Waals surface area contributed by atoms with Crippen LogP contribution in [0.2, 0.25) is 0 Å². The van der Waals surface area contributed by atoms with Crippen LogP contribution < -0.4 is 11.3 Å². The Morgan fingerprint density at radius 1 is 1.60 bits per heavy atom. The topological polar surface area (TPSA) is 60.2 Å². The number of hydrogen-bond donors (Lipinski definition) is 2. The van der Waals surface area contributed by atoms with Crippen LogP contribution in [0.5, 0.6) is 0 Å². The zero-order chi connectivity index (χ0) is 11.1. The van der Waals surface area contributed by atoms with Crippen molar-refractivity contribution in [1.29, 1.82) is 0 Å². The van der Waals surface area contributed by atoms with Crippen LogP contribution in [-0.2, 0) is 11.2 Å². The average Bonchev–Trinajstić information content (AvgIpc) is 2.75. The lowest BCUT2D eigenvalue weighted by molar-refractivity contribution is 0.0321. The van der Waals surface area contributed by atoms with E-state index in [1.54, 1.807) is 11.3 Å². The molecule has 1 heterocycles. The minimum Gasteiger partial charge on any atom is -0.377 e. The standard InChI is InChI=1S/C10H19N3OS/c1-3-10(14-4-2)9(13-11)5-8-6-12-7-15-8/h6-7,9-10,13H,3-5,11H2,1-2H3. The lowest BCUT2D eigenvalue weighted by Crippen LogP contribution is -2.46. The third kappa shape index (κ3) is 3.87. The molecule has 3 N–H and O–H groups in total. The van der Waals surface area contributed by atoms with Gasteiger partial charge in [-0.3, -0.25) is 16.3 Å². The Bertz CT molecular complexity index is 253. The molecular formula is C10H19N3OS. The van der Waals surface area contributed by atoms with Crippen molar-refractivity contribution in [3.8, 4) is 0 Å². The summed E-state index contributed by atoms with van der Waals surface area (Å²) in [5.41, 5.74) is 4.67. The maximum Gasteiger partial charge on any atom is 0.0794 e. The molecule has 2 atom stereocenters. The van der Waals surface area contributed by atoms with Gasteiger partial charge in [0.15, 0.2) is 0 Å². The van der Waals surface area contributed by atoms with Crippen molar-refractivity contribution in [1.82, 2.24) is 10.4 Å². The fourth-order valence-corrected chi connectivity index (χ4v) is 2.24. The summed E-state index contributed by atoms with van der Waals surface area (Å²) in [6.07, 6.45) is 3.89. The van der Waals surface area contributed by atoms with E-state index in [2.05, 4.69) is 17.3 Å². The van der Waals surface area contributed by atoms with Crippen molar-refractivity contribution in [2.24, 2.45) is 5.84 Å². The first-order valence-corrected chi connectivity index (χ1v) is 6.14. The maximum absolute atomic E-state index is 5.63. The van der Waals surface area contributed by atoms with Gasteiger partial charge in [0.05, 0.1) is 17.7 Å². The maximum atomic E-state index is 5.63. The molecule has 0 aliphatic heterocycles. The molecule has 0 radical (unpaired) electrons. The normalized spacial score (nSPS) is 15.1. The molecule has 0 saturated carbocycles. The van der Waals surface area contributed by atoms with Crippen LogP contribution in [0.25, 0.3) is 0 Å². The van der Waals surface area contributed by atoms with E-state index in [9.17, 15) is 0 Å². The summed E-state index contributed by atoms with van der Waals surface area (Å²) in [5, 5.41) is 0. The highest BCUT2D eigenvalue weighted by atomic mass is 32.1. The van der Waals surface area contributed by atoms with Gasteiger partial charge < -0.3 is 4.74 Å². The number of thiazole rings is 1. The van der Waals surface area contributed by atoms with Gasteiger partial charge in [0.1, 0.15) is 0 Å². The molecular weight excluding hydrogens is 210 g/mol. The number of rotatable bonds is 7. The molecule has 0 aliphatic carbocycles. The number of ether oxygens (including phenoxy) is 1. The van der Waals surface area contributed by atoms with E-state index in [0.29, 0.717) is 0 Å². The number of nitrogens with two attached hydrogens (primary N) is 1. The first-order chi connectivity index (χ1) is 7.31. The second kappa shape index (κ2) is 6.90. The van der Waals surface area contributed by atoms with E-state index in [1.165, 1.54) is 4.88 Å². The fraction of sp³-hybridized carbons (Fsp3) is 0.700. The van der Waals surface area contributed by atoms with Crippen LogP contribution in [0, 0.1) is 0 Å². The molecule has 0 aliphatic rings. The van der Waals surface area contributed by atoms with Crippen molar-refractivity contribution in [2.75, 3.05) is 6.61 Å². The number of aromatic nitrogens is 1. The first kappa shape index (κ1) is 12.6. The lowest BCUT2D eigenvalue weighted by atomic mass is 10.1. The van der Waals surface area contributed by atoms with E-state index in [4.69, 9.17) is 10.6 Å². The Kier molecular flexibility index (Phi) is 5.78. The minimum atomic E-state index is 0.162. The molecule has 2 unspecified atom stereocenters. The quantitative estimate of drug-likeness (QED) is 0.547. The summed E-state index contributed by atoms with van der Waals surface area (Å²) in [6, 6.07) is 0.162. The Hall–Kier alpha value is -0.490. The van der Waals surface area contributed by atoms with Crippen molar-refractivity contribution in [3.63, 3.8) is 0 Å². The Morgan fingerprint density at radius 2 is 2.40 bits per heavy atom. The highest BCUT2D eigenvalue weighted by Gasteiger charge is 2.19. The first-order valence-electron chi connectivity index (χ1n) is 5.26. The third-order valence-electron chi connectivity index (χ3n) is 2.35. The van der Waals surface area contributed by atoms with E-state index in [-0.39, 0.29) is 12.1 Å². The van der Waals surface area contributed by atoms with Gasteiger partial charge in [-0.2, -0.15) is 0 Å². The molecule has 5 heteroatoms. The average molecular weight is 229 g/mol. The fourth-order valence-electron chi connectivity index (χ4n) is 1.59. The van der Waals surface area contributed by atoms with Crippen LogP contribution in [-0.4, -0.2) is 23.7 Å². The molecule has 1 aromatic heterocycles. The molecule has 86 valence electrons. The van der Waals surface area contributed by atoms with Crippen molar-refractivity contribution in [3.05, 3.63) is 16.6 Å². The Morgan fingerprint density at radius 3 is 2.87 bits per heavy atom. The van der Waals surface area contributed by atoms with Gasteiger partial charge in [-0.05, 0) is 13.3 Å². The van der Waals surface area contributed by atoms with Crippen molar-refractivity contribution in [2.45, 2.75) is 38.8 Å². The van der Waals surface area contributed by atoms with Crippen molar-refractivity contribution >= 4 is 11.3 Å². The molecule has 0 bridgehead atoms. The van der Waals surface area contributed by atoms with E-state index < -0.39 is 0 Å². The predicted molar refractivity (Wildman–Crippen MR) is 62.6 cm³/mol. The van der Waals surface area contributed by atoms with Crippen molar-refractivity contribution < 1.29 is 4.74 Å². The molecule has 4 nitrogen and oxygen atoms in total. The summed E-state index contributed by atoms with van der Waals surface area (Å²) >= 11 is 1.65. The van der Waals surface area contributed by atoms with E-state index in [1.807, 2.05) is 18.6 Å². The number of nitrogens with zero attached hydrogens (tertiary/aromatic N) is 1. The van der Waals surface area contributed by atoms with Gasteiger partial charge in [-0.25, -0.2) is 0 Å². The largest absolute Gasteiger partial charge is 0.377 e. The lowest BCUT2D eigenvalue weighted by Gasteiger charge is -2.24. The van der Waals surface area contributed by atoms with Crippen LogP contribution in [0.3, 0.4) is 0 Å². The summed E-state index contributed by atoms with van der Waals surface area (Å²) < 4.78 is 5.63. The van der Waals surface area contributed by atoms with Crippen LogP contribution >= 0.6 is 11.3 Å². The molecule has 0 amide bonds. The predicted octanol–water partition coefficient (Wildman–Crippen LogP) is 1.33. The molecule has 1 rings (SSSR count). The third-order valence-corrected chi connectivity index (χ3v) is 3.15. The van der Waals surface area contributed by atoms with Gasteiger partial charge >= 0.3 is 0 Å². The Labute approximate surface area is 94.8 Å². The second-order valence-corrected chi connectivity index (χ2v) is 4.32. The monoisotopic (exact) mass is 229 g/mol. The summed E-state index contributed by atoms with van der Waals surface area (Å²) in [7, 11) is 0. The second-order valence-electron chi connectivity index (χ2n) is 3.35. The molecule has 1 aromatic rings. The van der Waals surface area contributed by atoms with E-state index in [0.717, 1.165) is 19.4 Å². The van der Waals surface area contributed by atoms with Gasteiger partial charge in [0.25, 0.3) is 0 Å². The number of hydrogen-bond acceptors (Lipinski definition) is 5. The van der Waals surface area contributed by atoms with Crippen LogP contribution in [0.15, 0.2) is 11.7 Å². The summed E-state index contributed by atoms with van der Waals surface area (Å²) in [4.78, 5) is 5.28. The van der Waals surface area contributed by atoms with Gasteiger partial charge in [0.2, 0.25) is 0 Å². The number of hydrazine groups is 1. The highest BCUT2D eigenvalue weighted by molar-refractivity contribution is 7.09. The molecule has 15 heavy (non-hydrogen) atoms. The van der Waals surface area contributed by atoms with Gasteiger partial charge in [-0.1, -0.05) is 6.92 Å². The van der Waals surface area contributed by atoms with Crippen LogP contribution in [0.4, 0.5) is 0 Å². The van der Waals surface area contributed by atoms with E-state index >= 15 is 0 Å². The number of nitrogens with one attached hydrogen (secondary N) is 1. The molecule has 0 fully saturated rings. The zero-order valence-electron chi connectivity index (χ0n) is 9.27. The molecule has 0 saturated heterocycles. The zero-order valence-corrected chi connectivity index (χ0v) is 10.1. The highest BCUT2D eigenvalue weighted by Crippen LogP contribution is 2.13. The van der Waals surface area contributed by atoms with Gasteiger partial charge in [0, 0.05) is 24.1 Å². The minimum absolute atomic E-state index is 0.162. The summed E-state index contributed by atoms with van der Waals surface area (Å²) in [6.45, 7) is 4.83. The summed E-state index contributed by atoms with van der Waals surface area (Å²) in [5.74, 6) is 5.55. The molecule has 0 aromatic carbocycles. The molecule has 0 spiro atoms. The van der Waals surface area contributed by atoms with Crippen LogP contribution in [0.1, 0.15) is 25.1 Å². The Balaban J connectivity index is 2.53. The van der Waals surface area contributed by atoms with Gasteiger partial charge in [-0.15, -0.1) is 11.3 Å². The smallest absolute Gasteiger partial charge is 0.0794 e. The SMILES string of the molecule is CCOC(CC)C(Cc1cncs1)NN.